The summed E-state index contributed by atoms with van der Waals surface area (Å²) in [5.41, 5.74) is -0.700. The molecule has 0 saturated carbocycles. The lowest BCUT2D eigenvalue weighted by Crippen LogP contribution is -2.29. The topological polar surface area (TPSA) is 63.2 Å². The Morgan fingerprint density at radius 3 is 2.47 bits per heavy atom. The summed E-state index contributed by atoms with van der Waals surface area (Å²) in [5, 5.41) is 1.76. The molecule has 0 unspecified atom stereocenters. The molecule has 1 N–H and O–H groups in total. The molecular weight excluding hydrogens is 375 g/mol. The Morgan fingerprint density at radius 1 is 1.42 bits per heavy atom. The molecule has 1 aromatic carbocycles. The Labute approximate surface area is 119 Å². The Bertz CT molecular complexity index is 609. The van der Waals surface area contributed by atoms with E-state index in [4.69, 9.17) is 10.7 Å². The number of hydrogen-bond acceptors (Lipinski definition) is 3. The second-order valence-electron chi connectivity index (χ2n) is 3.30. The van der Waals surface area contributed by atoms with Gasteiger partial charge >= 0.3 is 0 Å². The minimum Gasteiger partial charge on any atom is -0.346 e. The summed E-state index contributed by atoms with van der Waals surface area (Å²) in [4.78, 5) is 10.5. The van der Waals surface area contributed by atoms with Crippen LogP contribution in [-0.4, -0.2) is 27.3 Å². The lowest BCUT2D eigenvalue weighted by molar-refractivity contribution is 0.0887. The fourth-order valence-electron chi connectivity index (χ4n) is 1.17. The first kappa shape index (κ1) is 16.3. The fourth-order valence-corrected chi connectivity index (χ4v) is 2.71. The highest BCUT2D eigenvalue weighted by atomic mass is 79.9. The van der Waals surface area contributed by atoms with Crippen molar-refractivity contribution in [3.05, 3.63) is 28.0 Å². The van der Waals surface area contributed by atoms with Crippen LogP contribution in [0, 0.1) is 5.82 Å². The Kier molecular flexibility index (Phi) is 5.22. The zero-order valence-electron chi connectivity index (χ0n) is 8.96. The van der Waals surface area contributed by atoms with Crippen molar-refractivity contribution in [2.75, 3.05) is 6.54 Å². The summed E-state index contributed by atoms with van der Waals surface area (Å²) in [6.07, 6.45) is -2.81. The zero-order chi connectivity index (χ0) is 14.8. The van der Waals surface area contributed by atoms with E-state index in [2.05, 4.69) is 15.9 Å². The van der Waals surface area contributed by atoms with Crippen LogP contribution in [0.3, 0.4) is 0 Å². The van der Waals surface area contributed by atoms with Gasteiger partial charge in [-0.1, -0.05) is 15.9 Å². The summed E-state index contributed by atoms with van der Waals surface area (Å²) in [5.74, 6) is -2.56. The summed E-state index contributed by atoms with van der Waals surface area (Å²) in [6.45, 7) is -0.978. The van der Waals surface area contributed by atoms with Gasteiger partial charge in [0.15, 0.2) is 5.82 Å². The summed E-state index contributed by atoms with van der Waals surface area (Å²) in [6, 6.07) is 1.82. The molecule has 0 aliphatic carbocycles. The van der Waals surface area contributed by atoms with Crippen LogP contribution in [0.2, 0.25) is 0 Å². The number of amides is 1. The van der Waals surface area contributed by atoms with E-state index < -0.39 is 44.2 Å². The quantitative estimate of drug-likeness (QED) is 0.817. The molecule has 0 aliphatic heterocycles. The molecular formula is C9H6BrClF3NO3S. The van der Waals surface area contributed by atoms with Gasteiger partial charge in [0.25, 0.3) is 21.4 Å². The van der Waals surface area contributed by atoms with Crippen molar-refractivity contribution >= 4 is 41.6 Å². The predicted molar refractivity (Wildman–Crippen MR) is 65.5 cm³/mol. The van der Waals surface area contributed by atoms with Crippen molar-refractivity contribution in [3.8, 4) is 0 Å². The van der Waals surface area contributed by atoms with Crippen LogP contribution in [-0.2, 0) is 9.05 Å². The van der Waals surface area contributed by atoms with E-state index in [0.717, 1.165) is 12.1 Å². The van der Waals surface area contributed by atoms with Crippen LogP contribution in [0.15, 0.2) is 21.5 Å². The smallest absolute Gasteiger partial charge is 0.264 e. The van der Waals surface area contributed by atoms with Crippen LogP contribution in [0.5, 0.6) is 0 Å². The molecule has 0 heterocycles. The highest BCUT2D eigenvalue weighted by Gasteiger charge is 2.23. The van der Waals surface area contributed by atoms with E-state index in [1.807, 2.05) is 0 Å². The third-order valence-electron chi connectivity index (χ3n) is 1.93. The molecule has 1 rings (SSSR count). The highest BCUT2D eigenvalue weighted by Crippen LogP contribution is 2.26. The highest BCUT2D eigenvalue weighted by molar-refractivity contribution is 9.10. The van der Waals surface area contributed by atoms with E-state index in [1.54, 1.807) is 5.32 Å². The molecule has 0 aliphatic rings. The van der Waals surface area contributed by atoms with Crippen molar-refractivity contribution in [2.24, 2.45) is 0 Å². The molecule has 0 saturated heterocycles. The Hall–Kier alpha value is -0.800. The van der Waals surface area contributed by atoms with E-state index >= 15 is 0 Å². The van der Waals surface area contributed by atoms with Gasteiger partial charge in [-0.25, -0.2) is 21.6 Å². The Balaban J connectivity index is 3.22. The van der Waals surface area contributed by atoms with Crippen LogP contribution in [0.1, 0.15) is 10.4 Å². The van der Waals surface area contributed by atoms with Crippen LogP contribution in [0.25, 0.3) is 0 Å². The normalized spacial score (nSPS) is 11.7. The maximum Gasteiger partial charge on any atom is 0.264 e. The van der Waals surface area contributed by atoms with Crippen LogP contribution in [0.4, 0.5) is 13.2 Å². The zero-order valence-corrected chi connectivity index (χ0v) is 12.1. The van der Waals surface area contributed by atoms with Gasteiger partial charge in [-0.3, -0.25) is 4.79 Å². The van der Waals surface area contributed by atoms with Crippen molar-refractivity contribution in [2.45, 2.75) is 11.3 Å². The van der Waals surface area contributed by atoms with Crippen molar-refractivity contribution in [3.63, 3.8) is 0 Å². The first-order valence-electron chi connectivity index (χ1n) is 4.63. The molecule has 0 aromatic heterocycles. The van der Waals surface area contributed by atoms with Gasteiger partial charge in [0.1, 0.15) is 4.90 Å². The lowest BCUT2D eigenvalue weighted by Gasteiger charge is -2.08. The predicted octanol–water partition coefficient (Wildman–Crippen LogP) is 2.51. The molecule has 106 valence electrons. The number of alkyl halides is 2. The number of carbonyl (C=O) groups is 1. The summed E-state index contributed by atoms with van der Waals surface area (Å²) >= 11 is 2.87. The van der Waals surface area contributed by atoms with E-state index in [-0.39, 0.29) is 4.47 Å². The standard InChI is InChI=1S/C9H6BrClF3NO3S/c10-4-1-5(9(16)15-3-7(12)13)8(14)6(2-4)19(11,17)18/h1-2,7H,3H2,(H,15,16). The maximum atomic E-state index is 13.8. The molecule has 1 aromatic rings. The van der Waals surface area contributed by atoms with Gasteiger partial charge in [0.05, 0.1) is 12.1 Å². The molecule has 1 amide bonds. The molecule has 19 heavy (non-hydrogen) atoms. The summed E-state index contributed by atoms with van der Waals surface area (Å²) in [7, 11) is 0.595. The number of halogens is 5. The molecule has 0 fully saturated rings. The summed E-state index contributed by atoms with van der Waals surface area (Å²) < 4.78 is 59.9. The Morgan fingerprint density at radius 2 is 2.00 bits per heavy atom. The average molecular weight is 381 g/mol. The largest absolute Gasteiger partial charge is 0.346 e. The molecule has 0 radical (unpaired) electrons. The monoisotopic (exact) mass is 379 g/mol. The second-order valence-corrected chi connectivity index (χ2v) is 6.75. The third kappa shape index (κ3) is 4.36. The van der Waals surface area contributed by atoms with Gasteiger partial charge in [-0.2, -0.15) is 0 Å². The molecule has 0 bridgehead atoms. The first-order chi connectivity index (χ1) is 8.62. The maximum absolute atomic E-state index is 13.8. The second kappa shape index (κ2) is 6.10. The van der Waals surface area contributed by atoms with Crippen molar-refractivity contribution in [1.82, 2.24) is 5.32 Å². The van der Waals surface area contributed by atoms with Crippen molar-refractivity contribution < 1.29 is 26.4 Å². The molecule has 10 heteroatoms. The van der Waals surface area contributed by atoms with Crippen LogP contribution < -0.4 is 5.32 Å². The average Bonchev–Trinajstić information content (AvgIpc) is 2.27. The van der Waals surface area contributed by atoms with Gasteiger partial charge < -0.3 is 5.32 Å². The minimum absolute atomic E-state index is 0.0651. The van der Waals surface area contributed by atoms with E-state index in [1.165, 1.54) is 0 Å². The lowest BCUT2D eigenvalue weighted by atomic mass is 10.2. The molecule has 0 atom stereocenters. The number of benzene rings is 1. The van der Waals surface area contributed by atoms with Gasteiger partial charge in [-0.05, 0) is 12.1 Å². The van der Waals surface area contributed by atoms with Gasteiger partial charge in [0, 0.05) is 15.2 Å². The SMILES string of the molecule is O=C(NCC(F)F)c1cc(Br)cc(S(=O)(=O)Cl)c1F. The number of rotatable bonds is 4. The first-order valence-corrected chi connectivity index (χ1v) is 7.73. The third-order valence-corrected chi connectivity index (χ3v) is 3.71. The fraction of sp³-hybridized carbons (Fsp3) is 0.222. The van der Waals surface area contributed by atoms with Crippen molar-refractivity contribution in [1.29, 1.82) is 0 Å². The molecule has 0 spiro atoms. The minimum atomic E-state index is -4.40. The molecule has 4 nitrogen and oxygen atoms in total. The number of hydrogen-bond donors (Lipinski definition) is 1. The number of nitrogens with one attached hydrogen (secondary N) is 1. The number of carbonyl (C=O) groups excluding carboxylic acids is 1. The van der Waals surface area contributed by atoms with E-state index in [9.17, 15) is 26.4 Å². The van der Waals surface area contributed by atoms with E-state index in [0.29, 0.717) is 0 Å². The van der Waals surface area contributed by atoms with Crippen LogP contribution >= 0.6 is 26.6 Å². The van der Waals surface area contributed by atoms with Gasteiger partial charge in [0.2, 0.25) is 0 Å². The van der Waals surface area contributed by atoms with Gasteiger partial charge in [-0.15, -0.1) is 0 Å².